The lowest BCUT2D eigenvalue weighted by Crippen LogP contribution is -2.18. The molecule has 0 unspecified atom stereocenters. The van der Waals surface area contributed by atoms with Crippen LogP contribution < -0.4 is 16.0 Å². The molecule has 0 aliphatic heterocycles. The minimum Gasteiger partial charge on any atom is -0.406 e. The van der Waals surface area contributed by atoms with Gasteiger partial charge in [0.2, 0.25) is 0 Å². The first-order valence-electron chi connectivity index (χ1n) is 6.49. The molecule has 0 saturated carbocycles. The van der Waals surface area contributed by atoms with E-state index in [1.54, 1.807) is 6.07 Å². The number of anilines is 1. The van der Waals surface area contributed by atoms with Crippen LogP contribution in [-0.4, -0.2) is 16.3 Å². The van der Waals surface area contributed by atoms with Crippen molar-refractivity contribution in [2.45, 2.75) is 6.36 Å². The predicted molar refractivity (Wildman–Crippen MR) is 79.7 cm³/mol. The van der Waals surface area contributed by atoms with Gasteiger partial charge in [0.05, 0.1) is 10.5 Å². The average molecular weight is 365 g/mol. The smallest absolute Gasteiger partial charge is 0.406 e. The molecule has 132 valence electrons. The van der Waals surface area contributed by atoms with Crippen molar-refractivity contribution in [3.05, 3.63) is 49.8 Å². The number of nitro benzene ring substituents is 1. The van der Waals surface area contributed by atoms with Crippen LogP contribution in [0.5, 0.6) is 5.75 Å². The number of pyridine rings is 1. The van der Waals surface area contributed by atoms with E-state index in [9.17, 15) is 33.3 Å². The normalized spacial score (nSPS) is 10.7. The molecule has 1 heterocycles. The number of hydrogen-bond acceptors (Lipinski definition) is 7. The van der Waals surface area contributed by atoms with Crippen molar-refractivity contribution in [2.75, 3.05) is 5.73 Å². The Balaban J connectivity index is 2.93. The summed E-state index contributed by atoms with van der Waals surface area (Å²) >= 11 is 0. The summed E-state index contributed by atoms with van der Waals surface area (Å²) in [6.07, 6.45) is -5.09. The van der Waals surface area contributed by atoms with Crippen LogP contribution in [0.25, 0.3) is 11.1 Å². The van der Waals surface area contributed by atoms with Crippen LogP contribution in [0, 0.1) is 32.8 Å². The van der Waals surface area contributed by atoms with Crippen LogP contribution in [0.3, 0.4) is 0 Å². The molecule has 3 N–H and O–H groups in total. The fourth-order valence-electron chi connectivity index (χ4n) is 2.18. The summed E-state index contributed by atoms with van der Waals surface area (Å²) in [6, 6.07) is 5.00. The number of H-pyrrole nitrogens is 1. The Morgan fingerprint density at radius 3 is 2.35 bits per heavy atom. The number of rotatable bonds is 3. The summed E-state index contributed by atoms with van der Waals surface area (Å²) in [6.45, 7) is 0. The number of alkyl halides is 3. The number of nitro groups is 1. The van der Waals surface area contributed by atoms with Gasteiger partial charge in [0, 0.05) is 11.6 Å². The zero-order chi connectivity index (χ0) is 19.6. The third-order valence-corrected chi connectivity index (χ3v) is 3.14. The third kappa shape index (κ3) is 3.39. The average Bonchev–Trinajstić information content (AvgIpc) is 2.52. The molecule has 0 spiro atoms. The Kier molecular flexibility index (Phi) is 4.53. The minimum atomic E-state index is -5.09. The SMILES string of the molecule is N#Cc1c(N)[nH]c(=O)c(C#N)c1-c1cc(OC(F)(F)F)ccc1[N+](=O)[O-]. The van der Waals surface area contributed by atoms with Crippen molar-refractivity contribution in [1.82, 2.24) is 4.98 Å². The summed E-state index contributed by atoms with van der Waals surface area (Å²) in [5.41, 5.74) is 1.30. The zero-order valence-corrected chi connectivity index (χ0v) is 12.4. The maximum Gasteiger partial charge on any atom is 0.573 e. The number of benzene rings is 1. The molecule has 0 aliphatic carbocycles. The van der Waals surface area contributed by atoms with E-state index in [4.69, 9.17) is 11.0 Å². The van der Waals surface area contributed by atoms with E-state index in [1.807, 2.05) is 4.98 Å². The lowest BCUT2D eigenvalue weighted by molar-refractivity contribution is -0.384. The van der Waals surface area contributed by atoms with Gasteiger partial charge >= 0.3 is 6.36 Å². The topological polar surface area (TPSA) is 159 Å². The third-order valence-electron chi connectivity index (χ3n) is 3.14. The first-order valence-corrected chi connectivity index (χ1v) is 6.49. The van der Waals surface area contributed by atoms with Gasteiger partial charge in [-0.25, -0.2) is 0 Å². The molecule has 0 aliphatic rings. The van der Waals surface area contributed by atoms with Crippen LogP contribution in [-0.2, 0) is 0 Å². The van der Waals surface area contributed by atoms with Crippen LogP contribution in [0.2, 0.25) is 0 Å². The minimum absolute atomic E-state index is 0.497. The van der Waals surface area contributed by atoms with Crippen LogP contribution in [0.4, 0.5) is 24.7 Å². The predicted octanol–water partition coefficient (Wildman–Crippen LogP) is 2.17. The van der Waals surface area contributed by atoms with E-state index in [0.717, 1.165) is 0 Å². The van der Waals surface area contributed by atoms with Gasteiger partial charge in [-0.15, -0.1) is 13.2 Å². The Bertz CT molecular complexity index is 1050. The van der Waals surface area contributed by atoms with Gasteiger partial charge in [-0.3, -0.25) is 14.9 Å². The molecule has 12 heteroatoms. The monoisotopic (exact) mass is 365 g/mol. The number of nitrogens with two attached hydrogens (primary N) is 1. The highest BCUT2D eigenvalue weighted by atomic mass is 19.4. The Labute approximate surface area is 141 Å². The Morgan fingerprint density at radius 2 is 1.85 bits per heavy atom. The molecule has 0 atom stereocenters. The molecule has 2 rings (SSSR count). The summed E-state index contributed by atoms with van der Waals surface area (Å²) in [4.78, 5) is 24.2. The van der Waals surface area contributed by atoms with Gasteiger partial charge in [0.15, 0.2) is 0 Å². The zero-order valence-electron chi connectivity index (χ0n) is 12.4. The van der Waals surface area contributed by atoms with Crippen molar-refractivity contribution < 1.29 is 22.8 Å². The van der Waals surface area contributed by atoms with Gasteiger partial charge in [0.1, 0.15) is 34.8 Å². The second-order valence-electron chi connectivity index (χ2n) is 4.70. The number of nitriles is 2. The number of hydrogen-bond donors (Lipinski definition) is 2. The van der Waals surface area contributed by atoms with Gasteiger partial charge in [-0.1, -0.05) is 0 Å². The summed E-state index contributed by atoms with van der Waals surface area (Å²) in [7, 11) is 0. The standard InChI is InChI=1S/C14H6F3N5O4/c15-14(16,17)26-6-1-2-10(22(24)25)7(3-6)11-8(4-18)12(20)21-13(23)9(11)5-19/h1-3H,(H3,20,21,23). The van der Waals surface area contributed by atoms with Gasteiger partial charge in [0.25, 0.3) is 11.2 Å². The largest absolute Gasteiger partial charge is 0.573 e. The lowest BCUT2D eigenvalue weighted by Gasteiger charge is -2.12. The van der Waals surface area contributed by atoms with E-state index in [0.29, 0.717) is 18.2 Å². The van der Waals surface area contributed by atoms with Crippen LogP contribution in [0.1, 0.15) is 11.1 Å². The molecule has 26 heavy (non-hydrogen) atoms. The van der Waals surface area contributed by atoms with Gasteiger partial charge in [-0.05, 0) is 12.1 Å². The van der Waals surface area contributed by atoms with E-state index < -0.39 is 56.4 Å². The summed E-state index contributed by atoms with van der Waals surface area (Å²) in [5, 5.41) is 29.6. The highest BCUT2D eigenvalue weighted by Crippen LogP contribution is 2.38. The number of ether oxygens (including phenoxy) is 1. The summed E-state index contributed by atoms with van der Waals surface area (Å²) < 4.78 is 41.0. The molecule has 0 bridgehead atoms. The molecule has 1 aromatic carbocycles. The van der Waals surface area contributed by atoms with Crippen molar-refractivity contribution in [3.8, 4) is 29.0 Å². The number of halogens is 3. The second kappa shape index (κ2) is 6.45. The van der Waals surface area contributed by atoms with Gasteiger partial charge in [-0.2, -0.15) is 10.5 Å². The maximum absolute atomic E-state index is 12.4. The number of aromatic nitrogens is 1. The molecular weight excluding hydrogens is 359 g/mol. The van der Waals surface area contributed by atoms with Gasteiger partial charge < -0.3 is 15.5 Å². The number of nitrogens with zero attached hydrogens (tertiary/aromatic N) is 3. The molecule has 0 radical (unpaired) electrons. The number of nitrogen functional groups attached to an aromatic ring is 1. The molecule has 0 saturated heterocycles. The van der Waals surface area contributed by atoms with E-state index in [2.05, 4.69) is 4.74 Å². The molecule has 0 fully saturated rings. The number of nitrogens with one attached hydrogen (secondary N) is 1. The lowest BCUT2D eigenvalue weighted by atomic mass is 9.95. The Morgan fingerprint density at radius 1 is 1.23 bits per heavy atom. The molecule has 9 nitrogen and oxygen atoms in total. The van der Waals surface area contributed by atoms with Crippen LogP contribution >= 0.6 is 0 Å². The van der Waals surface area contributed by atoms with Crippen molar-refractivity contribution in [3.63, 3.8) is 0 Å². The van der Waals surface area contributed by atoms with Crippen LogP contribution in [0.15, 0.2) is 23.0 Å². The van der Waals surface area contributed by atoms with E-state index in [-0.39, 0.29) is 0 Å². The first-order chi connectivity index (χ1) is 12.1. The first kappa shape index (κ1) is 18.3. The molecule has 0 amide bonds. The summed E-state index contributed by atoms with van der Waals surface area (Å²) in [5.74, 6) is -1.34. The molecule has 1 aromatic heterocycles. The van der Waals surface area contributed by atoms with Crippen molar-refractivity contribution in [2.24, 2.45) is 0 Å². The quantitative estimate of drug-likeness (QED) is 0.622. The van der Waals surface area contributed by atoms with E-state index >= 15 is 0 Å². The fourth-order valence-corrected chi connectivity index (χ4v) is 2.18. The fraction of sp³-hybridized carbons (Fsp3) is 0.0714. The molecular formula is C14H6F3N5O4. The maximum atomic E-state index is 12.4. The van der Waals surface area contributed by atoms with Crippen molar-refractivity contribution in [1.29, 1.82) is 10.5 Å². The molecule has 2 aromatic rings. The highest BCUT2D eigenvalue weighted by molar-refractivity contribution is 5.85. The van der Waals surface area contributed by atoms with E-state index in [1.165, 1.54) is 6.07 Å². The van der Waals surface area contributed by atoms with Crippen molar-refractivity contribution >= 4 is 11.5 Å². The second-order valence-corrected chi connectivity index (χ2v) is 4.70. The Hall–Kier alpha value is -4.06. The highest BCUT2D eigenvalue weighted by Gasteiger charge is 2.33. The number of aromatic amines is 1.